The van der Waals surface area contributed by atoms with Gasteiger partial charge in [0.25, 0.3) is 0 Å². The Morgan fingerprint density at radius 2 is 1.75 bits per heavy atom. The van der Waals surface area contributed by atoms with E-state index in [1.807, 2.05) is 19.1 Å². The maximum absolute atomic E-state index is 5.43. The zero-order valence-corrected chi connectivity index (χ0v) is 11.5. The van der Waals surface area contributed by atoms with Crippen LogP contribution in [-0.4, -0.2) is 25.3 Å². The second kappa shape index (κ2) is 9.86. The summed E-state index contributed by atoms with van der Waals surface area (Å²) < 4.78 is 5.43. The molecule has 0 aliphatic carbocycles. The van der Waals surface area contributed by atoms with Gasteiger partial charge in [0.1, 0.15) is 0 Å². The highest BCUT2D eigenvalue weighted by Gasteiger charge is 2.06. The van der Waals surface area contributed by atoms with Crippen molar-refractivity contribution in [3.05, 3.63) is 12.2 Å². The third-order valence-electron chi connectivity index (χ3n) is 2.32. The van der Waals surface area contributed by atoms with Crippen LogP contribution in [0.4, 0.5) is 0 Å². The van der Waals surface area contributed by atoms with Crippen LogP contribution in [0, 0.1) is 0 Å². The number of rotatable bonds is 9. The van der Waals surface area contributed by atoms with Gasteiger partial charge in [0.15, 0.2) is 0 Å². The summed E-state index contributed by atoms with van der Waals surface area (Å²) >= 11 is 0. The maximum atomic E-state index is 5.43. The first-order chi connectivity index (χ1) is 7.56. The molecule has 0 fully saturated rings. The molecular formula is C14H29NO. The molecule has 0 saturated carbocycles. The van der Waals surface area contributed by atoms with E-state index in [1.54, 1.807) is 0 Å². The number of unbranched alkanes of at least 4 members (excludes halogenated alkanes) is 3. The topological polar surface area (TPSA) is 21.3 Å². The fourth-order valence-electron chi connectivity index (χ4n) is 1.39. The van der Waals surface area contributed by atoms with Crippen molar-refractivity contribution < 1.29 is 4.74 Å². The van der Waals surface area contributed by atoms with E-state index < -0.39 is 0 Å². The molecule has 0 amide bonds. The van der Waals surface area contributed by atoms with E-state index in [-0.39, 0.29) is 5.54 Å². The normalized spacial score (nSPS) is 12.5. The Bertz CT molecular complexity index is 170. The fraction of sp³-hybridized carbons (Fsp3) is 0.857. The van der Waals surface area contributed by atoms with Crippen LogP contribution in [0.25, 0.3) is 0 Å². The van der Waals surface area contributed by atoms with Gasteiger partial charge in [0, 0.05) is 12.1 Å². The molecule has 0 heterocycles. The van der Waals surface area contributed by atoms with Crippen molar-refractivity contribution in [1.82, 2.24) is 5.32 Å². The minimum atomic E-state index is 0.260. The molecule has 2 nitrogen and oxygen atoms in total. The molecule has 0 aliphatic heterocycles. The monoisotopic (exact) mass is 227 g/mol. The Kier molecular flexibility index (Phi) is 9.65. The molecule has 0 rings (SSSR count). The van der Waals surface area contributed by atoms with Crippen molar-refractivity contribution in [2.75, 3.05) is 19.8 Å². The first-order valence-corrected chi connectivity index (χ1v) is 6.50. The van der Waals surface area contributed by atoms with Gasteiger partial charge >= 0.3 is 0 Å². The molecule has 96 valence electrons. The van der Waals surface area contributed by atoms with Crippen LogP contribution < -0.4 is 5.32 Å². The largest absolute Gasteiger partial charge is 0.377 e. The van der Waals surface area contributed by atoms with Crippen LogP contribution in [0.1, 0.15) is 53.4 Å². The molecule has 0 aliphatic rings. The number of hydrogen-bond donors (Lipinski definition) is 1. The van der Waals surface area contributed by atoms with Gasteiger partial charge < -0.3 is 10.1 Å². The van der Waals surface area contributed by atoms with Crippen molar-refractivity contribution in [3.63, 3.8) is 0 Å². The lowest BCUT2D eigenvalue weighted by molar-refractivity contribution is 0.157. The van der Waals surface area contributed by atoms with Crippen molar-refractivity contribution in [3.8, 4) is 0 Å². The molecule has 0 atom stereocenters. The molecule has 0 spiro atoms. The van der Waals surface area contributed by atoms with Crippen LogP contribution in [0.15, 0.2) is 12.2 Å². The lowest BCUT2D eigenvalue weighted by atomic mass is 10.1. The zero-order valence-electron chi connectivity index (χ0n) is 11.5. The smallest absolute Gasteiger partial charge is 0.0647 e. The summed E-state index contributed by atoms with van der Waals surface area (Å²) in [6.45, 7) is 11.4. The van der Waals surface area contributed by atoms with Gasteiger partial charge in [-0.3, -0.25) is 0 Å². The summed E-state index contributed by atoms with van der Waals surface area (Å²) in [6.07, 6.45) is 9.11. The average molecular weight is 227 g/mol. The molecule has 0 bridgehead atoms. The molecule has 0 unspecified atom stereocenters. The Morgan fingerprint density at radius 3 is 2.38 bits per heavy atom. The molecule has 0 aromatic rings. The summed E-state index contributed by atoms with van der Waals surface area (Å²) in [7, 11) is 0. The molecular weight excluding hydrogens is 198 g/mol. The molecule has 16 heavy (non-hydrogen) atoms. The van der Waals surface area contributed by atoms with Crippen LogP contribution in [0.3, 0.4) is 0 Å². The number of ether oxygens (including phenoxy) is 1. The van der Waals surface area contributed by atoms with Crippen LogP contribution >= 0.6 is 0 Å². The summed E-state index contributed by atoms with van der Waals surface area (Å²) in [6, 6.07) is 0. The first-order valence-electron chi connectivity index (χ1n) is 6.50. The van der Waals surface area contributed by atoms with Crippen LogP contribution in [0.5, 0.6) is 0 Å². The lowest BCUT2D eigenvalue weighted by Gasteiger charge is -2.20. The third-order valence-corrected chi connectivity index (χ3v) is 2.32. The van der Waals surface area contributed by atoms with Crippen molar-refractivity contribution >= 4 is 0 Å². The van der Waals surface area contributed by atoms with Crippen molar-refractivity contribution in [2.24, 2.45) is 0 Å². The van der Waals surface area contributed by atoms with Gasteiger partial charge in [-0.05, 0) is 47.1 Å². The average Bonchev–Trinajstić information content (AvgIpc) is 2.19. The Morgan fingerprint density at radius 1 is 1.06 bits per heavy atom. The highest BCUT2D eigenvalue weighted by molar-refractivity contribution is 4.75. The zero-order chi connectivity index (χ0) is 12.3. The molecule has 0 aromatic carbocycles. The molecule has 0 aromatic heterocycles. The molecule has 2 heteroatoms. The molecule has 0 saturated heterocycles. The molecule has 0 radical (unpaired) electrons. The van der Waals surface area contributed by atoms with Crippen LogP contribution in [-0.2, 0) is 4.74 Å². The third kappa shape index (κ3) is 13.7. The second-order valence-corrected chi connectivity index (χ2v) is 5.23. The molecule has 1 N–H and O–H groups in total. The van der Waals surface area contributed by atoms with E-state index in [9.17, 15) is 0 Å². The van der Waals surface area contributed by atoms with E-state index >= 15 is 0 Å². The Hall–Kier alpha value is -0.340. The predicted molar refractivity (Wildman–Crippen MR) is 71.9 cm³/mol. The van der Waals surface area contributed by atoms with E-state index in [4.69, 9.17) is 4.74 Å². The van der Waals surface area contributed by atoms with E-state index in [2.05, 4.69) is 26.1 Å². The van der Waals surface area contributed by atoms with Gasteiger partial charge in [-0.25, -0.2) is 0 Å². The summed E-state index contributed by atoms with van der Waals surface area (Å²) in [5.74, 6) is 0. The van der Waals surface area contributed by atoms with Crippen molar-refractivity contribution in [2.45, 2.75) is 58.9 Å². The van der Waals surface area contributed by atoms with Gasteiger partial charge in [0.2, 0.25) is 0 Å². The Labute approximate surface area is 101 Å². The quantitative estimate of drug-likeness (QED) is 0.480. The highest BCUT2D eigenvalue weighted by Crippen LogP contribution is 2.02. The predicted octanol–water partition coefficient (Wildman–Crippen LogP) is 3.53. The maximum Gasteiger partial charge on any atom is 0.0647 e. The lowest BCUT2D eigenvalue weighted by Crippen LogP contribution is -2.36. The number of nitrogens with one attached hydrogen (secondary N) is 1. The fourth-order valence-corrected chi connectivity index (χ4v) is 1.39. The van der Waals surface area contributed by atoms with E-state index in [0.717, 1.165) is 19.8 Å². The minimum Gasteiger partial charge on any atom is -0.377 e. The van der Waals surface area contributed by atoms with Gasteiger partial charge in [-0.15, -0.1) is 0 Å². The van der Waals surface area contributed by atoms with E-state index in [0.29, 0.717) is 0 Å². The van der Waals surface area contributed by atoms with Crippen LogP contribution in [0.2, 0.25) is 0 Å². The van der Waals surface area contributed by atoms with Gasteiger partial charge in [-0.1, -0.05) is 25.0 Å². The van der Waals surface area contributed by atoms with E-state index in [1.165, 1.54) is 25.7 Å². The van der Waals surface area contributed by atoms with Crippen molar-refractivity contribution in [1.29, 1.82) is 0 Å². The second-order valence-electron chi connectivity index (χ2n) is 5.23. The summed E-state index contributed by atoms with van der Waals surface area (Å²) in [5, 5.41) is 3.50. The summed E-state index contributed by atoms with van der Waals surface area (Å²) in [5.41, 5.74) is 0.260. The SMILES string of the molecule is CC=CCOCCCCCCNC(C)(C)C. The summed E-state index contributed by atoms with van der Waals surface area (Å²) in [4.78, 5) is 0. The van der Waals surface area contributed by atoms with Gasteiger partial charge in [0.05, 0.1) is 6.61 Å². The Balaban J connectivity index is 3.04. The highest BCUT2D eigenvalue weighted by atomic mass is 16.5. The number of hydrogen-bond acceptors (Lipinski definition) is 2. The number of allylic oxidation sites excluding steroid dienone is 1. The first kappa shape index (κ1) is 15.7. The standard InChI is InChI=1S/C14H29NO/c1-5-6-12-16-13-10-8-7-9-11-15-14(2,3)4/h5-6,15H,7-13H2,1-4H3. The minimum absolute atomic E-state index is 0.260. The van der Waals surface area contributed by atoms with Gasteiger partial charge in [-0.2, -0.15) is 0 Å².